The number of para-hydroxylation sites is 1. The van der Waals surface area contributed by atoms with Crippen molar-refractivity contribution in [3.8, 4) is 0 Å². The number of rotatable bonds is 5. The van der Waals surface area contributed by atoms with E-state index < -0.39 is 0 Å². The molecule has 1 amide bonds. The molecule has 25 heavy (non-hydrogen) atoms. The van der Waals surface area contributed by atoms with E-state index in [1.54, 1.807) is 11.6 Å². The minimum Gasteiger partial charge on any atom is -0.325 e. The Morgan fingerprint density at radius 2 is 2.20 bits per heavy atom. The molecule has 3 rings (SSSR count). The van der Waals surface area contributed by atoms with Gasteiger partial charge in [0, 0.05) is 12.7 Å². The number of H-pyrrole nitrogens is 1. The van der Waals surface area contributed by atoms with Crippen molar-refractivity contribution in [1.29, 1.82) is 0 Å². The summed E-state index contributed by atoms with van der Waals surface area (Å²) in [6, 6.07) is 5.98. The Morgan fingerprint density at radius 3 is 2.92 bits per heavy atom. The molecule has 2 heterocycles. The number of aryl methyl sites for hydroxylation is 3. The molecule has 0 bridgehead atoms. The van der Waals surface area contributed by atoms with Crippen LogP contribution in [0.15, 0.2) is 34.5 Å². The summed E-state index contributed by atoms with van der Waals surface area (Å²) in [5.74, 6) is 0.0925. The van der Waals surface area contributed by atoms with Crippen LogP contribution in [0.3, 0.4) is 0 Å². The number of carbonyl (C=O) groups is 1. The Morgan fingerprint density at radius 1 is 1.40 bits per heavy atom. The summed E-state index contributed by atoms with van der Waals surface area (Å²) in [6.07, 6.45) is 2.20. The normalized spacial score (nSPS) is 11.0. The topological polar surface area (TPSA) is 92.7 Å². The van der Waals surface area contributed by atoms with Crippen molar-refractivity contribution >= 4 is 34.5 Å². The number of imidazole rings is 1. The SMILES string of the molecule is CCc1cccc(C)c1NC(=O)CSc1nc2c(=O)[nH]cnc2n1C. The van der Waals surface area contributed by atoms with Crippen molar-refractivity contribution in [3.05, 3.63) is 46.0 Å². The number of hydrogen-bond donors (Lipinski definition) is 2. The van der Waals surface area contributed by atoms with Gasteiger partial charge in [0.25, 0.3) is 5.56 Å². The van der Waals surface area contributed by atoms with Crippen LogP contribution in [-0.4, -0.2) is 31.2 Å². The van der Waals surface area contributed by atoms with E-state index in [0.29, 0.717) is 10.8 Å². The maximum Gasteiger partial charge on any atom is 0.278 e. The van der Waals surface area contributed by atoms with Crippen LogP contribution in [0.4, 0.5) is 5.69 Å². The quantitative estimate of drug-likeness (QED) is 0.683. The number of aromatic amines is 1. The van der Waals surface area contributed by atoms with Gasteiger partial charge >= 0.3 is 0 Å². The van der Waals surface area contributed by atoms with Gasteiger partial charge in [0.05, 0.1) is 12.1 Å². The lowest BCUT2D eigenvalue weighted by Gasteiger charge is -2.12. The van der Waals surface area contributed by atoms with Crippen LogP contribution in [0.2, 0.25) is 0 Å². The molecule has 0 atom stereocenters. The number of hydrogen-bond acceptors (Lipinski definition) is 5. The predicted molar refractivity (Wildman–Crippen MR) is 99.0 cm³/mol. The van der Waals surface area contributed by atoms with Gasteiger partial charge in [0.1, 0.15) is 0 Å². The molecular weight excluding hydrogens is 338 g/mol. The summed E-state index contributed by atoms with van der Waals surface area (Å²) in [5.41, 5.74) is 3.51. The van der Waals surface area contributed by atoms with Gasteiger partial charge in [-0.2, -0.15) is 0 Å². The van der Waals surface area contributed by atoms with Gasteiger partial charge in [-0.3, -0.25) is 9.59 Å². The molecule has 0 radical (unpaired) electrons. The highest BCUT2D eigenvalue weighted by Gasteiger charge is 2.14. The smallest absolute Gasteiger partial charge is 0.278 e. The summed E-state index contributed by atoms with van der Waals surface area (Å²) >= 11 is 1.28. The standard InChI is InChI=1S/C17H19N5O2S/c1-4-11-7-5-6-10(2)13(11)20-12(23)8-25-17-21-14-15(22(17)3)18-9-19-16(14)24/h5-7,9H,4,8H2,1-3H3,(H,20,23)(H,18,19,24). The van der Waals surface area contributed by atoms with Gasteiger partial charge in [-0.05, 0) is 24.5 Å². The molecular formula is C17H19N5O2S. The number of nitrogens with zero attached hydrogens (tertiary/aromatic N) is 3. The number of nitrogens with one attached hydrogen (secondary N) is 2. The molecule has 0 aliphatic heterocycles. The molecule has 0 aliphatic rings. The molecule has 3 aromatic rings. The number of aromatic nitrogens is 4. The van der Waals surface area contributed by atoms with E-state index in [0.717, 1.165) is 23.2 Å². The van der Waals surface area contributed by atoms with Crippen molar-refractivity contribution in [1.82, 2.24) is 19.5 Å². The summed E-state index contributed by atoms with van der Waals surface area (Å²) in [7, 11) is 1.78. The van der Waals surface area contributed by atoms with Crippen LogP contribution in [0.5, 0.6) is 0 Å². The van der Waals surface area contributed by atoms with E-state index in [1.165, 1.54) is 18.1 Å². The highest BCUT2D eigenvalue weighted by Crippen LogP contribution is 2.23. The number of benzene rings is 1. The fourth-order valence-corrected chi connectivity index (χ4v) is 3.40. The third-order valence-corrected chi connectivity index (χ3v) is 4.99. The molecule has 2 N–H and O–H groups in total. The Kier molecular flexibility index (Phi) is 4.89. The lowest BCUT2D eigenvalue weighted by molar-refractivity contribution is -0.113. The number of carbonyl (C=O) groups excluding carboxylic acids is 1. The first kappa shape index (κ1) is 17.2. The molecule has 130 valence electrons. The van der Waals surface area contributed by atoms with Crippen LogP contribution in [0.1, 0.15) is 18.1 Å². The van der Waals surface area contributed by atoms with E-state index in [4.69, 9.17) is 0 Å². The van der Waals surface area contributed by atoms with E-state index >= 15 is 0 Å². The summed E-state index contributed by atoms with van der Waals surface area (Å²) in [6.45, 7) is 4.04. The molecule has 0 saturated carbocycles. The van der Waals surface area contributed by atoms with Crippen molar-refractivity contribution in [2.75, 3.05) is 11.1 Å². The highest BCUT2D eigenvalue weighted by atomic mass is 32.2. The second-order valence-corrected chi connectivity index (χ2v) is 6.60. The zero-order valence-corrected chi connectivity index (χ0v) is 15.1. The maximum atomic E-state index is 12.3. The van der Waals surface area contributed by atoms with E-state index in [1.807, 2.05) is 25.1 Å². The van der Waals surface area contributed by atoms with Gasteiger partial charge in [-0.1, -0.05) is 36.9 Å². The monoisotopic (exact) mass is 357 g/mol. The van der Waals surface area contributed by atoms with Crippen LogP contribution in [0, 0.1) is 6.92 Å². The van der Waals surface area contributed by atoms with E-state index in [-0.39, 0.29) is 22.7 Å². The zero-order valence-electron chi connectivity index (χ0n) is 14.3. The largest absolute Gasteiger partial charge is 0.325 e. The molecule has 0 aliphatic carbocycles. The summed E-state index contributed by atoms with van der Waals surface area (Å²) in [4.78, 5) is 35.0. The van der Waals surface area contributed by atoms with Crippen LogP contribution in [0.25, 0.3) is 11.2 Å². The molecule has 0 saturated heterocycles. The summed E-state index contributed by atoms with van der Waals surface area (Å²) in [5, 5.41) is 3.56. The maximum absolute atomic E-state index is 12.3. The Labute approximate surface area is 148 Å². The van der Waals surface area contributed by atoms with E-state index in [2.05, 4.69) is 27.2 Å². The number of fused-ring (bicyclic) bond motifs is 1. The van der Waals surface area contributed by atoms with Gasteiger partial charge < -0.3 is 14.9 Å². The Balaban J connectivity index is 1.74. The molecule has 2 aromatic heterocycles. The van der Waals surface area contributed by atoms with E-state index in [9.17, 15) is 9.59 Å². The van der Waals surface area contributed by atoms with Gasteiger partial charge in [-0.25, -0.2) is 9.97 Å². The van der Waals surface area contributed by atoms with Crippen LogP contribution < -0.4 is 10.9 Å². The first-order valence-electron chi connectivity index (χ1n) is 7.92. The molecule has 0 unspecified atom stereocenters. The first-order chi connectivity index (χ1) is 12.0. The number of anilines is 1. The minimum atomic E-state index is -0.288. The average Bonchev–Trinajstić information content (AvgIpc) is 2.93. The van der Waals surface area contributed by atoms with Crippen molar-refractivity contribution < 1.29 is 4.79 Å². The van der Waals surface area contributed by atoms with Crippen molar-refractivity contribution in [2.24, 2.45) is 7.05 Å². The lowest BCUT2D eigenvalue weighted by Crippen LogP contribution is -2.16. The van der Waals surface area contributed by atoms with Gasteiger partial charge in [0.15, 0.2) is 16.3 Å². The van der Waals surface area contributed by atoms with Crippen LogP contribution >= 0.6 is 11.8 Å². The fourth-order valence-electron chi connectivity index (χ4n) is 2.63. The van der Waals surface area contributed by atoms with Gasteiger partial charge in [-0.15, -0.1) is 0 Å². The number of thioether (sulfide) groups is 1. The minimum absolute atomic E-state index is 0.108. The third kappa shape index (κ3) is 3.43. The fraction of sp³-hybridized carbons (Fsp3) is 0.294. The van der Waals surface area contributed by atoms with Crippen molar-refractivity contribution in [3.63, 3.8) is 0 Å². The lowest BCUT2D eigenvalue weighted by atomic mass is 10.1. The highest BCUT2D eigenvalue weighted by molar-refractivity contribution is 7.99. The Bertz CT molecular complexity index is 992. The molecule has 0 fully saturated rings. The molecule has 1 aromatic carbocycles. The molecule has 8 heteroatoms. The molecule has 0 spiro atoms. The molecule has 7 nitrogen and oxygen atoms in total. The Hall–Kier alpha value is -2.61. The predicted octanol–water partition coefficient (Wildman–Crippen LogP) is 2.26. The number of amides is 1. The van der Waals surface area contributed by atoms with Crippen LogP contribution in [-0.2, 0) is 18.3 Å². The second-order valence-electron chi connectivity index (χ2n) is 5.66. The first-order valence-corrected chi connectivity index (χ1v) is 8.91. The third-order valence-electron chi connectivity index (χ3n) is 3.96. The second kappa shape index (κ2) is 7.10. The zero-order chi connectivity index (χ0) is 18.0. The van der Waals surface area contributed by atoms with Gasteiger partial charge in [0.2, 0.25) is 5.91 Å². The summed E-state index contributed by atoms with van der Waals surface area (Å²) < 4.78 is 1.72. The average molecular weight is 357 g/mol. The van der Waals surface area contributed by atoms with Crippen molar-refractivity contribution in [2.45, 2.75) is 25.4 Å².